The van der Waals surface area contributed by atoms with E-state index in [0.717, 1.165) is 0 Å². The van der Waals surface area contributed by atoms with Gasteiger partial charge in [0.2, 0.25) is 10.0 Å². The first-order valence-corrected chi connectivity index (χ1v) is 10.8. The van der Waals surface area contributed by atoms with Crippen molar-refractivity contribution in [1.29, 1.82) is 5.26 Å². The van der Waals surface area contributed by atoms with Crippen LogP contribution in [-0.2, 0) is 14.8 Å². The third kappa shape index (κ3) is 5.13. The van der Waals surface area contributed by atoms with Crippen LogP contribution in [0.15, 0.2) is 47.4 Å². The summed E-state index contributed by atoms with van der Waals surface area (Å²) >= 11 is 0. The van der Waals surface area contributed by atoms with Crippen molar-refractivity contribution in [1.82, 2.24) is 4.31 Å². The van der Waals surface area contributed by atoms with Gasteiger partial charge in [0.05, 0.1) is 10.5 Å². The van der Waals surface area contributed by atoms with E-state index in [0.29, 0.717) is 35.7 Å². The molecule has 0 heterocycles. The van der Waals surface area contributed by atoms with Crippen molar-refractivity contribution in [3.8, 4) is 11.8 Å². The molecular weight excluding hydrogens is 390 g/mol. The number of para-hydroxylation sites is 1. The minimum absolute atomic E-state index is 0.155. The van der Waals surface area contributed by atoms with E-state index in [9.17, 15) is 13.2 Å². The first kappa shape index (κ1) is 22.4. The molecule has 0 aliphatic rings. The van der Waals surface area contributed by atoms with Gasteiger partial charge in [-0.25, -0.2) is 8.42 Å². The molecule has 1 amide bonds. The van der Waals surface area contributed by atoms with E-state index in [1.165, 1.54) is 10.4 Å². The zero-order chi connectivity index (χ0) is 21.6. The summed E-state index contributed by atoms with van der Waals surface area (Å²) < 4.78 is 32.7. The number of nitrogens with one attached hydrogen (secondary N) is 1. The summed E-state index contributed by atoms with van der Waals surface area (Å²) in [6, 6.07) is 13.4. The normalized spacial score (nSPS) is 12.3. The third-order valence-electron chi connectivity index (χ3n) is 4.46. The van der Waals surface area contributed by atoms with Crippen LogP contribution in [0, 0.1) is 18.3 Å². The maximum atomic E-state index is 12.9. The van der Waals surface area contributed by atoms with E-state index in [1.807, 2.05) is 6.07 Å². The minimum atomic E-state index is -3.65. The van der Waals surface area contributed by atoms with Gasteiger partial charge in [-0.3, -0.25) is 4.79 Å². The lowest BCUT2D eigenvalue weighted by atomic mass is 10.2. The number of hydrogen-bond donors (Lipinski definition) is 1. The largest absolute Gasteiger partial charge is 0.480 e. The fourth-order valence-electron chi connectivity index (χ4n) is 2.81. The first-order valence-electron chi connectivity index (χ1n) is 9.32. The summed E-state index contributed by atoms with van der Waals surface area (Å²) in [5, 5.41) is 11.8. The SMILES string of the molecule is CCN(CC)S(=O)(=O)c1cc(NC(=O)[C@@H](C)Oc2ccccc2C#N)ccc1C. The van der Waals surface area contributed by atoms with E-state index in [1.54, 1.807) is 64.1 Å². The zero-order valence-electron chi connectivity index (χ0n) is 17.0. The highest BCUT2D eigenvalue weighted by atomic mass is 32.2. The van der Waals surface area contributed by atoms with Crippen LogP contribution in [0.25, 0.3) is 0 Å². The van der Waals surface area contributed by atoms with Gasteiger partial charge in [0.1, 0.15) is 11.8 Å². The summed E-state index contributed by atoms with van der Waals surface area (Å²) in [5.41, 5.74) is 1.28. The monoisotopic (exact) mass is 415 g/mol. The number of carbonyl (C=O) groups is 1. The molecule has 154 valence electrons. The van der Waals surface area contributed by atoms with Crippen LogP contribution in [-0.4, -0.2) is 37.8 Å². The number of hydrogen-bond acceptors (Lipinski definition) is 5. The standard InChI is InChI=1S/C21H25N3O4S/c1-5-24(6-2)29(26,27)20-13-18(12-11-15(20)3)23-21(25)16(4)28-19-10-8-7-9-17(19)14-22/h7-13,16H,5-6H2,1-4H3,(H,23,25)/t16-/m1/s1. The summed E-state index contributed by atoms with van der Waals surface area (Å²) in [6.45, 7) is 7.55. The molecule has 0 fully saturated rings. The zero-order valence-corrected chi connectivity index (χ0v) is 17.8. The number of anilines is 1. The Bertz CT molecular complexity index is 1020. The molecule has 7 nitrogen and oxygen atoms in total. The number of carbonyl (C=O) groups excluding carboxylic acids is 1. The Balaban J connectivity index is 2.22. The molecule has 0 spiro atoms. The van der Waals surface area contributed by atoms with Crippen LogP contribution in [0.2, 0.25) is 0 Å². The van der Waals surface area contributed by atoms with E-state index < -0.39 is 22.0 Å². The highest BCUT2D eigenvalue weighted by molar-refractivity contribution is 7.89. The van der Waals surface area contributed by atoms with Crippen LogP contribution in [0.1, 0.15) is 31.9 Å². The molecule has 1 N–H and O–H groups in total. The topological polar surface area (TPSA) is 99.5 Å². The predicted molar refractivity (Wildman–Crippen MR) is 111 cm³/mol. The van der Waals surface area contributed by atoms with Crippen LogP contribution in [0.3, 0.4) is 0 Å². The van der Waals surface area contributed by atoms with Crippen LogP contribution in [0.5, 0.6) is 5.75 Å². The van der Waals surface area contributed by atoms with E-state index in [4.69, 9.17) is 10.00 Å². The van der Waals surface area contributed by atoms with Crippen LogP contribution < -0.4 is 10.1 Å². The number of aryl methyl sites for hydroxylation is 1. The van der Waals surface area contributed by atoms with Gasteiger partial charge in [-0.2, -0.15) is 9.57 Å². The number of ether oxygens (including phenoxy) is 1. The predicted octanol–water partition coefficient (Wildman–Crippen LogP) is 3.30. The van der Waals surface area contributed by atoms with Crippen molar-refractivity contribution in [2.24, 2.45) is 0 Å². The average Bonchev–Trinajstić information content (AvgIpc) is 2.70. The molecular formula is C21H25N3O4S. The maximum Gasteiger partial charge on any atom is 0.265 e. The van der Waals surface area contributed by atoms with Crippen LogP contribution >= 0.6 is 0 Å². The van der Waals surface area contributed by atoms with Crippen molar-refractivity contribution in [2.75, 3.05) is 18.4 Å². The molecule has 1 atom stereocenters. The number of sulfonamides is 1. The lowest BCUT2D eigenvalue weighted by molar-refractivity contribution is -0.122. The molecule has 2 rings (SSSR count). The Morgan fingerprint density at radius 2 is 1.86 bits per heavy atom. The van der Waals surface area contributed by atoms with Gasteiger partial charge in [-0.05, 0) is 43.7 Å². The second kappa shape index (κ2) is 9.54. The van der Waals surface area contributed by atoms with Crippen molar-refractivity contribution in [3.63, 3.8) is 0 Å². The van der Waals surface area contributed by atoms with Gasteiger partial charge < -0.3 is 10.1 Å². The van der Waals surface area contributed by atoms with Crippen LogP contribution in [0.4, 0.5) is 5.69 Å². The summed E-state index contributed by atoms with van der Waals surface area (Å²) in [4.78, 5) is 12.7. The average molecular weight is 416 g/mol. The summed E-state index contributed by atoms with van der Waals surface area (Å²) in [5.74, 6) is -0.140. The Hall–Kier alpha value is -2.89. The smallest absolute Gasteiger partial charge is 0.265 e. The van der Waals surface area contributed by atoms with Gasteiger partial charge in [-0.1, -0.05) is 32.0 Å². The molecule has 0 saturated carbocycles. The van der Waals surface area contributed by atoms with Crippen molar-refractivity contribution >= 4 is 21.6 Å². The van der Waals surface area contributed by atoms with Gasteiger partial charge in [-0.15, -0.1) is 0 Å². The number of nitriles is 1. The Morgan fingerprint density at radius 1 is 1.21 bits per heavy atom. The van der Waals surface area contributed by atoms with Gasteiger partial charge in [0.25, 0.3) is 5.91 Å². The molecule has 8 heteroatoms. The fraction of sp³-hybridized carbons (Fsp3) is 0.333. The number of amides is 1. The summed E-state index contributed by atoms with van der Waals surface area (Å²) in [7, 11) is -3.65. The molecule has 0 aliphatic heterocycles. The number of rotatable bonds is 8. The molecule has 0 saturated heterocycles. The van der Waals surface area contributed by atoms with Crippen molar-refractivity contribution < 1.29 is 17.9 Å². The maximum absolute atomic E-state index is 12.9. The molecule has 2 aromatic carbocycles. The van der Waals surface area contributed by atoms with E-state index in [-0.39, 0.29) is 4.90 Å². The summed E-state index contributed by atoms with van der Waals surface area (Å²) in [6.07, 6.45) is -0.881. The van der Waals surface area contributed by atoms with Gasteiger partial charge >= 0.3 is 0 Å². The second-order valence-electron chi connectivity index (χ2n) is 6.43. The highest BCUT2D eigenvalue weighted by Crippen LogP contribution is 2.24. The molecule has 0 radical (unpaired) electrons. The minimum Gasteiger partial charge on any atom is -0.480 e. The third-order valence-corrected chi connectivity index (χ3v) is 6.65. The highest BCUT2D eigenvalue weighted by Gasteiger charge is 2.24. The molecule has 0 aromatic heterocycles. The van der Waals surface area contributed by atoms with Gasteiger partial charge in [0.15, 0.2) is 6.10 Å². The number of nitrogens with zero attached hydrogens (tertiary/aromatic N) is 2. The fourth-order valence-corrected chi connectivity index (χ4v) is 4.52. The molecule has 0 bridgehead atoms. The van der Waals surface area contributed by atoms with Crippen molar-refractivity contribution in [2.45, 2.75) is 38.7 Å². The molecule has 0 aliphatic carbocycles. The lowest BCUT2D eigenvalue weighted by Crippen LogP contribution is -2.32. The number of benzene rings is 2. The van der Waals surface area contributed by atoms with Crippen molar-refractivity contribution in [3.05, 3.63) is 53.6 Å². The van der Waals surface area contributed by atoms with E-state index >= 15 is 0 Å². The quantitative estimate of drug-likeness (QED) is 0.713. The molecule has 29 heavy (non-hydrogen) atoms. The van der Waals surface area contributed by atoms with E-state index in [2.05, 4.69) is 5.32 Å². The Kier molecular flexibility index (Phi) is 7.37. The second-order valence-corrected chi connectivity index (χ2v) is 8.33. The molecule has 0 unspecified atom stereocenters. The Morgan fingerprint density at radius 3 is 2.48 bits per heavy atom. The first-order chi connectivity index (χ1) is 13.7. The molecule has 2 aromatic rings. The lowest BCUT2D eigenvalue weighted by Gasteiger charge is -2.21. The van der Waals surface area contributed by atoms with Gasteiger partial charge in [0, 0.05) is 18.8 Å². The Labute approximate surface area is 172 Å².